The second-order valence-corrected chi connectivity index (χ2v) is 6.40. The van der Waals surface area contributed by atoms with Crippen LogP contribution in [0.4, 0.5) is 0 Å². The average Bonchev–Trinajstić information content (AvgIpc) is 2.46. The number of hydrogen-bond acceptors (Lipinski definition) is 4. The highest BCUT2D eigenvalue weighted by Gasteiger charge is 2.24. The summed E-state index contributed by atoms with van der Waals surface area (Å²) < 4.78 is 5.48. The Labute approximate surface area is 128 Å². The van der Waals surface area contributed by atoms with Crippen LogP contribution in [0, 0.1) is 12.8 Å². The molecule has 4 heteroatoms. The third-order valence-corrected chi connectivity index (χ3v) is 4.36. The largest absolute Gasteiger partial charge is 0.373 e. The summed E-state index contributed by atoms with van der Waals surface area (Å²) in [5.41, 5.74) is 3.75. The number of fused-ring (bicyclic) bond motifs is 1. The van der Waals surface area contributed by atoms with Crippen molar-refractivity contribution in [1.29, 1.82) is 0 Å². The molecule has 21 heavy (non-hydrogen) atoms. The highest BCUT2D eigenvalue weighted by atomic mass is 16.5. The molecule has 0 radical (unpaired) electrons. The van der Waals surface area contributed by atoms with E-state index in [1.807, 2.05) is 0 Å². The maximum atomic E-state index is 5.48. The Morgan fingerprint density at radius 1 is 1.33 bits per heavy atom. The molecule has 1 aromatic heterocycles. The molecule has 1 aliphatic rings. The Bertz CT molecular complexity index is 469. The molecule has 0 aliphatic heterocycles. The van der Waals surface area contributed by atoms with Crippen molar-refractivity contribution < 1.29 is 4.74 Å². The van der Waals surface area contributed by atoms with Crippen LogP contribution < -0.4 is 5.32 Å². The van der Waals surface area contributed by atoms with Crippen LogP contribution in [-0.2, 0) is 17.6 Å². The smallest absolute Gasteiger partial charge is 0.157 e. The van der Waals surface area contributed by atoms with Gasteiger partial charge in [0.2, 0.25) is 0 Å². The van der Waals surface area contributed by atoms with Crippen LogP contribution in [0.15, 0.2) is 0 Å². The number of nitrogens with one attached hydrogen (secondary N) is 1. The van der Waals surface area contributed by atoms with Gasteiger partial charge in [0.15, 0.2) is 5.82 Å². The van der Waals surface area contributed by atoms with Crippen LogP contribution in [0.2, 0.25) is 0 Å². The van der Waals surface area contributed by atoms with Crippen molar-refractivity contribution in [2.45, 2.75) is 65.5 Å². The number of hydrogen-bond donors (Lipinski definition) is 1. The first kappa shape index (κ1) is 16.4. The zero-order valence-corrected chi connectivity index (χ0v) is 14.1. The van der Waals surface area contributed by atoms with Gasteiger partial charge in [-0.25, -0.2) is 9.97 Å². The van der Waals surface area contributed by atoms with Gasteiger partial charge in [0, 0.05) is 24.5 Å². The van der Waals surface area contributed by atoms with Crippen molar-refractivity contribution in [1.82, 2.24) is 15.3 Å². The molecule has 0 aromatic carbocycles. The molecule has 1 aliphatic carbocycles. The topological polar surface area (TPSA) is 47.0 Å². The van der Waals surface area contributed by atoms with Crippen molar-refractivity contribution >= 4 is 0 Å². The molecule has 0 saturated heterocycles. The van der Waals surface area contributed by atoms with E-state index < -0.39 is 0 Å². The van der Waals surface area contributed by atoms with Gasteiger partial charge in [-0.2, -0.15) is 0 Å². The zero-order chi connectivity index (χ0) is 15.4. The predicted molar refractivity (Wildman–Crippen MR) is 85.5 cm³/mol. The monoisotopic (exact) mass is 291 g/mol. The van der Waals surface area contributed by atoms with E-state index in [2.05, 4.69) is 33.0 Å². The van der Waals surface area contributed by atoms with Gasteiger partial charge in [0.1, 0.15) is 6.10 Å². The first-order chi connectivity index (χ1) is 10.0. The summed E-state index contributed by atoms with van der Waals surface area (Å²) in [6.45, 7) is 9.72. The van der Waals surface area contributed by atoms with Crippen LogP contribution in [0.25, 0.3) is 0 Å². The van der Waals surface area contributed by atoms with E-state index in [1.54, 1.807) is 7.11 Å². The zero-order valence-electron chi connectivity index (χ0n) is 14.1. The Morgan fingerprint density at radius 3 is 2.71 bits per heavy atom. The maximum absolute atomic E-state index is 5.48. The maximum Gasteiger partial charge on any atom is 0.157 e. The minimum absolute atomic E-state index is 0.0225. The Balaban J connectivity index is 2.14. The van der Waals surface area contributed by atoms with E-state index in [0.717, 1.165) is 37.3 Å². The van der Waals surface area contributed by atoms with Crippen molar-refractivity contribution in [2.75, 3.05) is 13.7 Å². The lowest BCUT2D eigenvalue weighted by atomic mass is 9.85. The first-order valence-electron chi connectivity index (χ1n) is 8.17. The molecular weight excluding hydrogens is 262 g/mol. The quantitative estimate of drug-likeness (QED) is 0.875. The summed E-state index contributed by atoms with van der Waals surface area (Å²) in [5.74, 6) is 1.56. The Kier molecular flexibility index (Phi) is 5.71. The fourth-order valence-corrected chi connectivity index (χ4v) is 3.06. The highest BCUT2D eigenvalue weighted by Crippen LogP contribution is 2.28. The van der Waals surface area contributed by atoms with E-state index in [1.165, 1.54) is 17.7 Å². The molecule has 0 amide bonds. The minimum Gasteiger partial charge on any atom is -0.373 e. The summed E-state index contributed by atoms with van der Waals surface area (Å²) in [6.07, 6.45) is 4.32. The number of aryl methyl sites for hydroxylation is 2. The normalized spacial score (nSPS) is 19.6. The van der Waals surface area contributed by atoms with E-state index in [9.17, 15) is 0 Å². The van der Waals surface area contributed by atoms with Gasteiger partial charge < -0.3 is 10.1 Å². The van der Waals surface area contributed by atoms with E-state index >= 15 is 0 Å². The summed E-state index contributed by atoms with van der Waals surface area (Å²) in [6, 6.07) is 0.554. The molecule has 1 aromatic rings. The summed E-state index contributed by atoms with van der Waals surface area (Å²) in [5, 5.41) is 3.55. The van der Waals surface area contributed by atoms with Crippen molar-refractivity contribution in [2.24, 2.45) is 5.92 Å². The minimum atomic E-state index is 0.0225. The average molecular weight is 291 g/mol. The van der Waals surface area contributed by atoms with Crippen LogP contribution >= 0.6 is 0 Å². The number of nitrogens with zero attached hydrogens (tertiary/aromatic N) is 2. The molecule has 0 saturated carbocycles. The number of aromatic nitrogens is 2. The highest BCUT2D eigenvalue weighted by molar-refractivity contribution is 5.28. The molecule has 0 spiro atoms. The molecule has 118 valence electrons. The molecule has 0 bridgehead atoms. The van der Waals surface area contributed by atoms with Crippen molar-refractivity contribution in [3.8, 4) is 0 Å². The number of ether oxygens (including phenoxy) is 1. The summed E-state index contributed by atoms with van der Waals surface area (Å²) in [4.78, 5) is 9.49. The summed E-state index contributed by atoms with van der Waals surface area (Å²) >= 11 is 0. The van der Waals surface area contributed by atoms with Gasteiger partial charge in [-0.05, 0) is 50.6 Å². The molecule has 1 N–H and O–H groups in total. The van der Waals surface area contributed by atoms with E-state index in [0.29, 0.717) is 12.0 Å². The number of rotatable bonds is 6. The van der Waals surface area contributed by atoms with E-state index in [-0.39, 0.29) is 6.10 Å². The van der Waals surface area contributed by atoms with Crippen LogP contribution in [-0.4, -0.2) is 29.7 Å². The van der Waals surface area contributed by atoms with Crippen molar-refractivity contribution in [3.63, 3.8) is 0 Å². The number of methoxy groups -OCH3 is 1. The molecular formula is C17H29N3O. The van der Waals surface area contributed by atoms with Gasteiger partial charge >= 0.3 is 0 Å². The van der Waals surface area contributed by atoms with Gasteiger partial charge in [0.25, 0.3) is 0 Å². The fourth-order valence-electron chi connectivity index (χ4n) is 3.06. The SMILES string of the molecule is CCC(OC)c1nc(C)c2c(n1)CCC(CNC(C)C)C2. The molecule has 4 nitrogen and oxygen atoms in total. The predicted octanol–water partition coefficient (Wildman–Crippen LogP) is 2.99. The first-order valence-corrected chi connectivity index (χ1v) is 8.17. The van der Waals surface area contributed by atoms with Gasteiger partial charge in [-0.15, -0.1) is 0 Å². The third-order valence-electron chi connectivity index (χ3n) is 4.36. The molecule has 2 rings (SSSR count). The Morgan fingerprint density at radius 2 is 2.10 bits per heavy atom. The Hall–Kier alpha value is -1.00. The second kappa shape index (κ2) is 7.32. The molecule has 2 unspecified atom stereocenters. The van der Waals surface area contributed by atoms with Gasteiger partial charge in [-0.3, -0.25) is 0 Å². The lowest BCUT2D eigenvalue weighted by Gasteiger charge is -2.27. The molecule has 2 atom stereocenters. The van der Waals surface area contributed by atoms with Crippen molar-refractivity contribution in [3.05, 3.63) is 22.8 Å². The summed E-state index contributed by atoms with van der Waals surface area (Å²) in [7, 11) is 1.74. The molecule has 1 heterocycles. The fraction of sp³-hybridized carbons (Fsp3) is 0.765. The third kappa shape index (κ3) is 4.01. The second-order valence-electron chi connectivity index (χ2n) is 6.40. The van der Waals surface area contributed by atoms with Crippen LogP contribution in [0.1, 0.15) is 62.5 Å². The van der Waals surface area contributed by atoms with Crippen LogP contribution in [0.5, 0.6) is 0 Å². The standard InChI is InChI=1S/C17H29N3O/c1-6-16(21-5)17-19-12(4)14-9-13(10-18-11(2)3)7-8-15(14)20-17/h11,13,16,18H,6-10H2,1-5H3. The lowest BCUT2D eigenvalue weighted by Crippen LogP contribution is -2.32. The molecule has 0 fully saturated rings. The van der Waals surface area contributed by atoms with Crippen LogP contribution in [0.3, 0.4) is 0 Å². The van der Waals surface area contributed by atoms with Gasteiger partial charge in [-0.1, -0.05) is 20.8 Å². The lowest BCUT2D eigenvalue weighted by molar-refractivity contribution is 0.0920. The van der Waals surface area contributed by atoms with E-state index in [4.69, 9.17) is 14.7 Å². The van der Waals surface area contributed by atoms with Gasteiger partial charge in [0.05, 0.1) is 0 Å².